The summed E-state index contributed by atoms with van der Waals surface area (Å²) in [5.41, 5.74) is -3.50. The van der Waals surface area contributed by atoms with Gasteiger partial charge in [0.1, 0.15) is 30.0 Å². The van der Waals surface area contributed by atoms with E-state index in [1.54, 1.807) is 34.6 Å². The van der Waals surface area contributed by atoms with Crippen LogP contribution >= 0.6 is 12.2 Å². The molecular formula is C47H82N4O12S. The lowest BCUT2D eigenvalue weighted by atomic mass is 9.77. The first-order valence-electron chi connectivity index (χ1n) is 23.2. The molecule has 0 bridgehead atoms. The van der Waals surface area contributed by atoms with E-state index in [1.807, 2.05) is 81.9 Å². The average molecular weight is 927 g/mol. The standard InChI is InChI=1S/C47H82N4O12S/c1-14-35-47(10,57)39(53)31(6)51(21-20-48-44(64)49-25-33-18-16-15-17-19-33)26-27(2)23-45(8,56)41(63-43-37(52)34(50(11)12)22-28(3)59-43)29(4)38(30(5)42(55)61-35)62-36-24-46(9,58-13)40(54)32(7)60-36/h15-19,27-32,34-41,43,52-54,56-57H,14,20-26H2,1-13H3,(H2,48,49,64)/t27-,28-,29+,30-,31-,32+,34+,35-,36-,37-,38+,39-,40+,41-,43+,45-,46-,47-/m1/s1. The summed E-state index contributed by atoms with van der Waals surface area (Å²) in [5.74, 6) is -2.80. The summed E-state index contributed by atoms with van der Waals surface area (Å²) in [5, 5.41) is 66.8. The Morgan fingerprint density at radius 1 is 0.953 bits per heavy atom. The molecular weight excluding hydrogens is 845 g/mol. The molecule has 3 saturated heterocycles. The number of methoxy groups -OCH3 is 1. The Bertz CT molecular complexity index is 1610. The molecule has 1 aromatic carbocycles. The van der Waals surface area contributed by atoms with Crippen LogP contribution in [0.1, 0.15) is 100 Å². The first kappa shape index (κ1) is 54.5. The van der Waals surface area contributed by atoms with Crippen molar-refractivity contribution in [2.45, 2.75) is 192 Å². The first-order valence-corrected chi connectivity index (χ1v) is 23.6. The van der Waals surface area contributed by atoms with Gasteiger partial charge < -0.3 is 69.5 Å². The topological polar surface area (TPSA) is 204 Å². The third-order valence-electron chi connectivity index (χ3n) is 14.0. The minimum Gasteiger partial charge on any atom is -0.459 e. The molecule has 0 aliphatic carbocycles. The summed E-state index contributed by atoms with van der Waals surface area (Å²) in [4.78, 5) is 18.5. The van der Waals surface area contributed by atoms with Crippen LogP contribution in [-0.4, -0.2) is 178 Å². The fraction of sp³-hybridized carbons (Fsp3) is 0.830. The Labute approximate surface area is 387 Å². The monoisotopic (exact) mass is 927 g/mol. The van der Waals surface area contributed by atoms with Crippen LogP contribution in [-0.2, 0) is 39.8 Å². The van der Waals surface area contributed by atoms with Gasteiger partial charge in [0.05, 0.1) is 41.5 Å². The molecule has 3 fully saturated rings. The van der Waals surface area contributed by atoms with Crippen molar-refractivity contribution in [3.8, 4) is 0 Å². The van der Waals surface area contributed by atoms with Crippen LogP contribution in [0.4, 0.5) is 0 Å². The van der Waals surface area contributed by atoms with Gasteiger partial charge in [-0.05, 0) is 106 Å². The minimum absolute atomic E-state index is 0.111. The molecule has 3 aliphatic rings. The number of nitrogens with one attached hydrogen (secondary N) is 2. The van der Waals surface area contributed by atoms with Crippen LogP contribution < -0.4 is 10.6 Å². The number of carbonyl (C=O) groups is 1. The molecule has 0 aromatic heterocycles. The lowest BCUT2D eigenvalue weighted by Gasteiger charge is -2.48. The summed E-state index contributed by atoms with van der Waals surface area (Å²) in [7, 11) is 5.28. The number of ether oxygens (including phenoxy) is 6. The molecule has 7 N–H and O–H groups in total. The van der Waals surface area contributed by atoms with Crippen molar-refractivity contribution in [3.63, 3.8) is 0 Å². The number of hydrogen-bond donors (Lipinski definition) is 7. The fourth-order valence-corrected chi connectivity index (χ4v) is 10.2. The van der Waals surface area contributed by atoms with E-state index in [0.717, 1.165) is 5.56 Å². The van der Waals surface area contributed by atoms with E-state index in [1.165, 1.54) is 14.0 Å². The molecule has 0 unspecified atom stereocenters. The van der Waals surface area contributed by atoms with Gasteiger partial charge in [-0.2, -0.15) is 0 Å². The predicted molar refractivity (Wildman–Crippen MR) is 247 cm³/mol. The molecule has 368 valence electrons. The predicted octanol–water partition coefficient (Wildman–Crippen LogP) is 2.94. The number of carbonyl (C=O) groups excluding carboxylic acids is 1. The van der Waals surface area contributed by atoms with E-state index in [-0.39, 0.29) is 37.3 Å². The zero-order chi connectivity index (χ0) is 47.9. The van der Waals surface area contributed by atoms with Gasteiger partial charge in [0.15, 0.2) is 17.7 Å². The van der Waals surface area contributed by atoms with Gasteiger partial charge in [-0.15, -0.1) is 0 Å². The van der Waals surface area contributed by atoms with Crippen LogP contribution in [0, 0.1) is 17.8 Å². The Balaban J connectivity index is 1.75. The molecule has 3 aliphatic heterocycles. The zero-order valence-electron chi connectivity index (χ0n) is 40.6. The number of aliphatic hydroxyl groups is 5. The number of thiocarbonyl (C=S) groups is 1. The van der Waals surface area contributed by atoms with Gasteiger partial charge in [-0.1, -0.05) is 51.1 Å². The van der Waals surface area contributed by atoms with Crippen molar-refractivity contribution in [2.24, 2.45) is 17.8 Å². The molecule has 0 saturated carbocycles. The van der Waals surface area contributed by atoms with Crippen molar-refractivity contribution in [2.75, 3.05) is 40.8 Å². The van der Waals surface area contributed by atoms with Gasteiger partial charge in [-0.25, -0.2) is 0 Å². The molecule has 4 rings (SSSR count). The zero-order valence-corrected chi connectivity index (χ0v) is 41.4. The second-order valence-corrected chi connectivity index (χ2v) is 20.2. The third-order valence-corrected chi connectivity index (χ3v) is 14.3. The van der Waals surface area contributed by atoms with Crippen molar-refractivity contribution < 1.29 is 58.7 Å². The van der Waals surface area contributed by atoms with Crippen LogP contribution in [0.3, 0.4) is 0 Å². The Morgan fingerprint density at radius 3 is 2.22 bits per heavy atom. The third kappa shape index (κ3) is 13.5. The van der Waals surface area contributed by atoms with Crippen molar-refractivity contribution in [1.29, 1.82) is 0 Å². The fourth-order valence-electron chi connectivity index (χ4n) is 10.1. The number of aliphatic hydroxyl groups excluding tert-OH is 3. The summed E-state index contributed by atoms with van der Waals surface area (Å²) < 4.78 is 38.1. The highest BCUT2D eigenvalue weighted by atomic mass is 32.1. The SMILES string of the molecule is CC[C@H]1OC(=O)[C@H](C)[C@@H](O[C@@H]2C[C@@](C)(OC)[C@@H](O)[C@H](C)O2)[C@H](C)[C@@H](O[C@@H]2O[C@H](C)C[C@H](N(C)C)[C@H]2O)[C@](C)(O)C[C@@H](C)CN(CCNC(=S)NCc2ccccc2)[C@H](C)[C@@H](O)[C@]1(C)O. The summed E-state index contributed by atoms with van der Waals surface area (Å²) in [6, 6.07) is 8.95. The number of cyclic esters (lactones) is 1. The van der Waals surface area contributed by atoms with E-state index in [4.69, 9.17) is 40.6 Å². The van der Waals surface area contributed by atoms with Gasteiger partial charge in [0.2, 0.25) is 0 Å². The second kappa shape index (κ2) is 23.3. The molecule has 17 heteroatoms. The lowest BCUT2D eigenvalue weighted by molar-refractivity contribution is -0.318. The van der Waals surface area contributed by atoms with Gasteiger partial charge in [0.25, 0.3) is 0 Å². The Hall–Kier alpha value is -2.10. The summed E-state index contributed by atoms with van der Waals surface area (Å²) >= 11 is 5.60. The minimum atomic E-state index is -1.89. The van der Waals surface area contributed by atoms with Crippen LogP contribution in [0.15, 0.2) is 30.3 Å². The van der Waals surface area contributed by atoms with Crippen LogP contribution in [0.25, 0.3) is 0 Å². The molecule has 64 heavy (non-hydrogen) atoms. The largest absolute Gasteiger partial charge is 0.459 e. The van der Waals surface area contributed by atoms with Crippen LogP contribution in [0.5, 0.6) is 0 Å². The van der Waals surface area contributed by atoms with Crippen molar-refractivity contribution in [3.05, 3.63) is 35.9 Å². The molecule has 0 amide bonds. The van der Waals surface area contributed by atoms with Gasteiger partial charge in [0, 0.05) is 57.7 Å². The highest BCUT2D eigenvalue weighted by molar-refractivity contribution is 7.80. The van der Waals surface area contributed by atoms with Crippen molar-refractivity contribution >= 4 is 23.3 Å². The molecule has 16 nitrogen and oxygen atoms in total. The molecule has 18 atom stereocenters. The van der Waals surface area contributed by atoms with Gasteiger partial charge >= 0.3 is 5.97 Å². The lowest BCUT2D eigenvalue weighted by Crippen LogP contribution is -2.60. The highest BCUT2D eigenvalue weighted by Crippen LogP contribution is 2.40. The smallest absolute Gasteiger partial charge is 0.311 e. The number of likely N-dealkylation sites (N-methyl/N-ethyl adjacent to an activating group) is 1. The summed E-state index contributed by atoms with van der Waals surface area (Å²) in [6.07, 6.45) is -8.79. The normalized spacial score (nSPS) is 42.3. The molecule has 0 spiro atoms. The molecule has 3 heterocycles. The van der Waals surface area contributed by atoms with E-state index in [2.05, 4.69) is 10.6 Å². The van der Waals surface area contributed by atoms with E-state index in [0.29, 0.717) is 37.7 Å². The number of benzene rings is 1. The Morgan fingerprint density at radius 2 is 1.61 bits per heavy atom. The van der Waals surface area contributed by atoms with Gasteiger partial charge in [-0.3, -0.25) is 9.69 Å². The molecule has 0 radical (unpaired) electrons. The first-order chi connectivity index (χ1) is 29.9. The average Bonchev–Trinajstić information content (AvgIpc) is 3.23. The number of rotatable bonds is 12. The van der Waals surface area contributed by atoms with E-state index >= 15 is 0 Å². The number of esters is 1. The number of hydrogen-bond acceptors (Lipinski definition) is 15. The maximum absolute atomic E-state index is 14.5. The van der Waals surface area contributed by atoms with Crippen molar-refractivity contribution in [1.82, 2.24) is 20.4 Å². The summed E-state index contributed by atoms with van der Waals surface area (Å²) in [6.45, 7) is 19.3. The molecule has 1 aromatic rings. The quantitative estimate of drug-likeness (QED) is 0.119. The maximum atomic E-state index is 14.5. The Kier molecular flexibility index (Phi) is 19.8. The number of nitrogens with zero attached hydrogens (tertiary/aromatic N) is 2. The van der Waals surface area contributed by atoms with E-state index in [9.17, 15) is 30.3 Å². The second-order valence-electron chi connectivity index (χ2n) is 19.8. The maximum Gasteiger partial charge on any atom is 0.311 e. The van der Waals surface area contributed by atoms with E-state index < -0.39 is 96.0 Å². The highest BCUT2D eigenvalue weighted by Gasteiger charge is 2.53. The van der Waals surface area contributed by atoms with Crippen LogP contribution in [0.2, 0.25) is 0 Å².